The summed E-state index contributed by atoms with van der Waals surface area (Å²) in [6.45, 7) is 1.81. The largest absolute Gasteiger partial charge is 0.519 e. The van der Waals surface area contributed by atoms with Gasteiger partial charge in [0.05, 0.1) is 0 Å². The molecule has 4 heterocycles. The normalized spacial score (nSPS) is 38.8. The van der Waals surface area contributed by atoms with E-state index in [1.165, 1.54) is 11.1 Å². The van der Waals surface area contributed by atoms with Gasteiger partial charge in [0.15, 0.2) is 46.8 Å². The van der Waals surface area contributed by atoms with Gasteiger partial charge in [0, 0.05) is 46.9 Å². The van der Waals surface area contributed by atoms with Crippen molar-refractivity contribution in [3.63, 3.8) is 0 Å². The molecule has 4 aliphatic carbocycles. The Morgan fingerprint density at radius 2 is 1.20 bits per heavy atom. The van der Waals surface area contributed by atoms with Gasteiger partial charge >= 0.3 is 6.16 Å². The fraction of sp³-hybridized carbons (Fsp3) is 0.571. The Bertz CT molecular complexity index is 1580. The van der Waals surface area contributed by atoms with Gasteiger partial charge in [0.2, 0.25) is 0 Å². The molecule has 9 nitrogen and oxygen atoms in total. The highest BCUT2D eigenvalue weighted by Crippen LogP contribution is 2.65. The van der Waals surface area contributed by atoms with Crippen LogP contribution in [-0.2, 0) is 33.3 Å². The summed E-state index contributed by atoms with van der Waals surface area (Å²) in [6, 6.07) is 8.38. The van der Waals surface area contributed by atoms with E-state index in [1.807, 2.05) is 12.1 Å². The van der Waals surface area contributed by atoms with Crippen LogP contribution in [0.3, 0.4) is 0 Å². The number of hydrogen-bond donors (Lipinski definition) is 0. The number of benzene rings is 2. The van der Waals surface area contributed by atoms with Crippen LogP contribution in [0.5, 0.6) is 23.0 Å². The van der Waals surface area contributed by atoms with Crippen molar-refractivity contribution < 1.29 is 33.3 Å². The third kappa shape index (κ3) is 2.92. The molecule has 2 saturated carbocycles. The number of likely N-dealkylation sites (N-methyl/N-ethyl adjacent to an activating group) is 2. The van der Waals surface area contributed by atoms with E-state index >= 15 is 0 Å². The molecular formula is C35H36N2O7. The summed E-state index contributed by atoms with van der Waals surface area (Å²) in [5.41, 5.74) is 3.77. The predicted octanol–water partition coefficient (Wildman–Crippen LogP) is 3.74. The SMILES string of the molecule is CN1CC[C@]23c4c5ccc(OC(=O)Oc6ccc7c8c6O[C@H]6C(=O)CC[C@H]9[C@@H](C7)N(C)CC[C@]869)c4O[C@H]2C(=O)CC[C@H]3C1C5. The van der Waals surface area contributed by atoms with Crippen molar-refractivity contribution in [1.82, 2.24) is 9.80 Å². The molecule has 0 N–H and O–H groups in total. The minimum Gasteiger partial charge on any atom is -0.477 e. The molecule has 2 saturated heterocycles. The first-order chi connectivity index (χ1) is 21.3. The quantitative estimate of drug-likeness (QED) is 0.380. The van der Waals surface area contributed by atoms with Gasteiger partial charge in [-0.25, -0.2) is 4.79 Å². The first-order valence-electron chi connectivity index (χ1n) is 16.3. The fourth-order valence-electron chi connectivity index (χ4n) is 11.4. The average molecular weight is 597 g/mol. The highest BCUT2D eigenvalue weighted by atomic mass is 16.7. The standard InChI is InChI=1S/C35H36N2O7/c1-36-13-11-34-19-5-7-23(38)31(34)43-29-25(9-3-17(27(29)34)15-21(19)36)41-33(40)42-26-10-4-18-16-22-20-6-8-24(39)32-35(20,12-14-37(22)2)28(18)30(26)44-32/h3-4,9-10,19-22,31-32H,5-8,11-16H2,1-2H3/t19-,20-,21+,22?,31-,32-,34-,35-/m0/s1. The van der Waals surface area contributed by atoms with Crippen molar-refractivity contribution in [2.45, 2.75) is 86.5 Å². The van der Waals surface area contributed by atoms with Gasteiger partial charge in [0.1, 0.15) is 0 Å². The molecule has 8 aliphatic rings. The molecule has 4 bridgehead atoms. The van der Waals surface area contributed by atoms with Crippen LogP contribution in [-0.4, -0.2) is 79.0 Å². The maximum Gasteiger partial charge on any atom is 0.519 e. The minimum absolute atomic E-state index is 0.140. The fourth-order valence-corrected chi connectivity index (χ4v) is 11.4. The molecule has 1 unspecified atom stereocenters. The van der Waals surface area contributed by atoms with E-state index in [4.69, 9.17) is 18.9 Å². The summed E-state index contributed by atoms with van der Waals surface area (Å²) in [7, 11) is 4.37. The molecule has 9 heteroatoms. The summed E-state index contributed by atoms with van der Waals surface area (Å²) in [5, 5.41) is 0. The van der Waals surface area contributed by atoms with Gasteiger partial charge in [-0.3, -0.25) is 9.59 Å². The molecule has 44 heavy (non-hydrogen) atoms. The Balaban J connectivity index is 1.000. The van der Waals surface area contributed by atoms with E-state index in [9.17, 15) is 14.4 Å². The summed E-state index contributed by atoms with van der Waals surface area (Å²) >= 11 is 0. The summed E-state index contributed by atoms with van der Waals surface area (Å²) in [5.74, 6) is 2.58. The van der Waals surface area contributed by atoms with Crippen LogP contribution in [0, 0.1) is 11.8 Å². The summed E-state index contributed by atoms with van der Waals surface area (Å²) in [6.07, 6.45) is 4.32. The Labute approximate surface area is 255 Å². The number of ketones is 2. The number of nitrogens with zero attached hydrogens (tertiary/aromatic N) is 2. The zero-order chi connectivity index (χ0) is 29.7. The smallest absolute Gasteiger partial charge is 0.477 e. The molecule has 0 amide bonds. The van der Waals surface area contributed by atoms with Gasteiger partial charge < -0.3 is 28.7 Å². The molecule has 2 aromatic carbocycles. The van der Waals surface area contributed by atoms with Gasteiger partial charge in [-0.2, -0.15) is 0 Å². The highest BCUT2D eigenvalue weighted by molar-refractivity contribution is 5.90. The molecule has 228 valence electrons. The van der Waals surface area contributed by atoms with Crippen molar-refractivity contribution >= 4 is 17.7 Å². The van der Waals surface area contributed by atoms with Gasteiger partial charge in [-0.05, 0) is 101 Å². The molecule has 0 radical (unpaired) electrons. The lowest BCUT2D eigenvalue weighted by Gasteiger charge is -2.57. The van der Waals surface area contributed by atoms with Crippen LogP contribution < -0.4 is 18.9 Å². The lowest BCUT2D eigenvalue weighted by molar-refractivity contribution is -0.138. The van der Waals surface area contributed by atoms with Gasteiger partial charge in [0.25, 0.3) is 0 Å². The molecule has 0 aromatic heterocycles. The van der Waals surface area contributed by atoms with E-state index in [-0.39, 0.29) is 33.9 Å². The van der Waals surface area contributed by atoms with Crippen molar-refractivity contribution in [2.24, 2.45) is 11.8 Å². The Morgan fingerprint density at radius 3 is 1.66 bits per heavy atom. The molecule has 2 aromatic rings. The van der Waals surface area contributed by atoms with Gasteiger partial charge in [-0.15, -0.1) is 0 Å². The molecule has 10 rings (SSSR count). The van der Waals surface area contributed by atoms with Crippen molar-refractivity contribution in [3.05, 3.63) is 46.5 Å². The predicted molar refractivity (Wildman–Crippen MR) is 157 cm³/mol. The third-order valence-corrected chi connectivity index (χ3v) is 13.1. The number of likely N-dealkylation sites (tertiary alicyclic amines) is 2. The molecule has 2 spiro atoms. The minimum atomic E-state index is -0.885. The number of hydrogen-bond acceptors (Lipinski definition) is 9. The van der Waals surface area contributed by atoms with E-state index in [2.05, 4.69) is 23.9 Å². The van der Waals surface area contributed by atoms with E-state index in [1.54, 1.807) is 12.1 Å². The van der Waals surface area contributed by atoms with Crippen molar-refractivity contribution in [3.8, 4) is 23.0 Å². The van der Waals surface area contributed by atoms with Crippen molar-refractivity contribution in [1.29, 1.82) is 0 Å². The maximum absolute atomic E-state index is 13.5. The Hall–Kier alpha value is -3.43. The number of Topliss-reactive ketones (excluding diaryl/α,β-unsaturated/α-hetero) is 2. The van der Waals surface area contributed by atoms with Crippen LogP contribution in [0.1, 0.15) is 60.8 Å². The number of piperidine rings is 2. The van der Waals surface area contributed by atoms with Crippen LogP contribution in [0.4, 0.5) is 4.79 Å². The van der Waals surface area contributed by atoms with Gasteiger partial charge in [-0.1, -0.05) is 12.1 Å². The van der Waals surface area contributed by atoms with Crippen LogP contribution >= 0.6 is 0 Å². The molecule has 4 aliphatic heterocycles. The van der Waals surface area contributed by atoms with Crippen LogP contribution in [0.25, 0.3) is 0 Å². The van der Waals surface area contributed by atoms with Crippen LogP contribution in [0.15, 0.2) is 24.3 Å². The Kier molecular flexibility index (Phi) is 4.95. The molecule has 4 fully saturated rings. The molecular weight excluding hydrogens is 560 g/mol. The first kappa shape index (κ1) is 25.9. The first-order valence-corrected chi connectivity index (χ1v) is 16.3. The second-order valence-corrected chi connectivity index (χ2v) is 14.6. The Morgan fingerprint density at radius 1 is 0.750 bits per heavy atom. The lowest BCUT2D eigenvalue weighted by Crippen LogP contribution is -2.65. The zero-order valence-electron chi connectivity index (χ0n) is 25.1. The second-order valence-electron chi connectivity index (χ2n) is 14.6. The number of carbonyl (C=O) groups is 3. The van der Waals surface area contributed by atoms with Crippen molar-refractivity contribution in [2.75, 3.05) is 27.2 Å². The monoisotopic (exact) mass is 596 g/mol. The maximum atomic E-state index is 13.5. The average Bonchev–Trinajstić information content (AvgIpc) is 3.55. The summed E-state index contributed by atoms with van der Waals surface area (Å²) in [4.78, 5) is 44.9. The number of rotatable bonds is 2. The second kappa shape index (κ2) is 8.43. The van der Waals surface area contributed by atoms with E-state index in [0.29, 0.717) is 48.3 Å². The highest BCUT2D eigenvalue weighted by Gasteiger charge is 2.67. The van der Waals surface area contributed by atoms with E-state index < -0.39 is 18.4 Å². The lowest BCUT2D eigenvalue weighted by atomic mass is 9.52. The number of ether oxygens (including phenoxy) is 4. The van der Waals surface area contributed by atoms with E-state index in [0.717, 1.165) is 62.7 Å². The van der Waals surface area contributed by atoms with Crippen LogP contribution in [0.2, 0.25) is 0 Å². The number of carbonyl (C=O) groups excluding carboxylic acids is 3. The molecule has 8 atom stereocenters. The zero-order valence-corrected chi connectivity index (χ0v) is 25.1. The topological polar surface area (TPSA) is 94.6 Å². The third-order valence-electron chi connectivity index (χ3n) is 13.1. The summed E-state index contributed by atoms with van der Waals surface area (Å²) < 4.78 is 24.7.